The molecule has 0 radical (unpaired) electrons. The molecular formula is C15H10Cl6. The van der Waals surface area contributed by atoms with Gasteiger partial charge in [-0.1, -0.05) is 71.7 Å². The second kappa shape index (κ2) is 7.17. The molecule has 0 heterocycles. The first-order chi connectivity index (χ1) is 9.82. The lowest BCUT2D eigenvalue weighted by atomic mass is 10.0. The fourth-order valence-corrected chi connectivity index (χ4v) is 2.93. The molecule has 21 heavy (non-hydrogen) atoms. The zero-order valence-electron chi connectivity index (χ0n) is 10.5. The Morgan fingerprint density at radius 3 is 1.10 bits per heavy atom. The van der Waals surface area contributed by atoms with Crippen LogP contribution < -0.4 is 0 Å². The highest BCUT2D eigenvalue weighted by molar-refractivity contribution is 6.50. The zero-order valence-corrected chi connectivity index (χ0v) is 15.1. The fourth-order valence-electron chi connectivity index (χ4n) is 1.84. The molecule has 0 bridgehead atoms. The monoisotopic (exact) mass is 400 g/mol. The molecule has 0 saturated heterocycles. The summed E-state index contributed by atoms with van der Waals surface area (Å²) in [6.07, 6.45) is 0. The van der Waals surface area contributed by atoms with Gasteiger partial charge in [0.05, 0.1) is 0 Å². The molecule has 0 spiro atoms. The maximum absolute atomic E-state index is 6.48. The highest BCUT2D eigenvalue weighted by Gasteiger charge is 2.29. The molecule has 2 rings (SSSR count). The van der Waals surface area contributed by atoms with Gasteiger partial charge >= 0.3 is 0 Å². The Balaban J connectivity index is 2.31. The lowest BCUT2D eigenvalue weighted by molar-refractivity contribution is 1.03. The van der Waals surface area contributed by atoms with Crippen molar-refractivity contribution < 1.29 is 0 Å². The third-order valence-electron chi connectivity index (χ3n) is 3.05. The molecule has 0 aliphatic carbocycles. The second-order valence-electron chi connectivity index (χ2n) is 4.42. The van der Waals surface area contributed by atoms with E-state index in [0.717, 1.165) is 22.3 Å². The largest absolute Gasteiger partial charge is 0.168 e. The van der Waals surface area contributed by atoms with Crippen molar-refractivity contribution in [3.8, 4) is 0 Å². The predicted molar refractivity (Wildman–Crippen MR) is 94.3 cm³/mol. The first kappa shape index (κ1) is 17.5. The van der Waals surface area contributed by atoms with E-state index in [-0.39, 0.29) is 0 Å². The summed E-state index contributed by atoms with van der Waals surface area (Å²) < 4.78 is -1.18. The molecule has 112 valence electrons. The van der Waals surface area contributed by atoms with E-state index >= 15 is 0 Å². The third kappa shape index (κ3) is 4.13. The van der Waals surface area contributed by atoms with Crippen LogP contribution in [0.2, 0.25) is 0 Å². The molecule has 6 heteroatoms. The maximum atomic E-state index is 6.48. The van der Waals surface area contributed by atoms with Crippen molar-refractivity contribution in [1.82, 2.24) is 0 Å². The average Bonchev–Trinajstić information content (AvgIpc) is 2.47. The van der Waals surface area contributed by atoms with E-state index in [0.29, 0.717) is 0 Å². The van der Waals surface area contributed by atoms with E-state index in [1.807, 2.05) is 0 Å². The van der Waals surface area contributed by atoms with Crippen molar-refractivity contribution in [2.45, 2.75) is 14.0 Å². The Morgan fingerprint density at radius 2 is 0.857 bits per heavy atom. The van der Waals surface area contributed by atoms with Crippen LogP contribution in [0.1, 0.15) is 31.9 Å². The summed E-state index contributed by atoms with van der Waals surface area (Å²) in [5, 5.41) is 0. The summed E-state index contributed by atoms with van der Waals surface area (Å²) >= 11 is 36.2. The summed E-state index contributed by atoms with van der Waals surface area (Å²) in [7, 11) is 0. The summed E-state index contributed by atoms with van der Waals surface area (Å²) in [6, 6.07) is 14.4. The van der Waals surface area contributed by atoms with Crippen molar-refractivity contribution in [3.63, 3.8) is 0 Å². The van der Waals surface area contributed by atoms with E-state index < -0.39 is 14.0 Å². The fraction of sp³-hybridized carbons (Fsp3) is 0.200. The molecule has 2 aromatic rings. The van der Waals surface area contributed by atoms with Gasteiger partial charge < -0.3 is 0 Å². The lowest BCUT2D eigenvalue weighted by Crippen LogP contribution is -2.12. The van der Waals surface area contributed by atoms with Crippen LogP contribution in [0.4, 0.5) is 0 Å². The van der Waals surface area contributed by atoms with Gasteiger partial charge in [-0.05, 0) is 22.3 Å². The number of benzene rings is 2. The minimum absolute atomic E-state index is 0.581. The molecule has 0 aliphatic rings. The topological polar surface area (TPSA) is 0 Å². The molecule has 2 aromatic carbocycles. The number of hydrogen-bond acceptors (Lipinski definition) is 0. The van der Waals surface area contributed by atoms with Crippen molar-refractivity contribution >= 4 is 69.6 Å². The normalized spacial score (nSPS) is 12.2. The van der Waals surface area contributed by atoms with E-state index in [1.165, 1.54) is 0 Å². The number of hydrogen-bond donors (Lipinski definition) is 0. The Hall–Kier alpha value is 0.180. The smallest absolute Gasteiger partial charge is 0.100 e. The summed E-state index contributed by atoms with van der Waals surface area (Å²) in [6.45, 7) is 0. The molecule has 0 nitrogen and oxygen atoms in total. The Kier molecular flexibility index (Phi) is 5.99. The zero-order chi connectivity index (χ0) is 15.6. The molecule has 0 unspecified atom stereocenters. The molecule has 0 saturated carbocycles. The summed E-state index contributed by atoms with van der Waals surface area (Å²) in [4.78, 5) is -1.16. The molecule has 0 fully saturated rings. The van der Waals surface area contributed by atoms with Gasteiger partial charge in [0.2, 0.25) is 0 Å². The standard InChI is InChI=1S/C15H10Cl6/c16-13(17)9-1-5-11(6-2-9)15(20,21)12-7-3-10(4-8-12)14(18)19/h1-8,13-14H. The van der Waals surface area contributed by atoms with Gasteiger partial charge in [-0.15, -0.1) is 46.4 Å². The highest BCUT2D eigenvalue weighted by Crippen LogP contribution is 2.42. The van der Waals surface area contributed by atoms with Crippen LogP contribution in [0.15, 0.2) is 48.5 Å². The van der Waals surface area contributed by atoms with Gasteiger partial charge in [-0.2, -0.15) is 0 Å². The van der Waals surface area contributed by atoms with Gasteiger partial charge in [-0.25, -0.2) is 0 Å². The third-order valence-corrected chi connectivity index (χ3v) is 4.93. The second-order valence-corrected chi connectivity index (χ2v) is 7.94. The van der Waals surface area contributed by atoms with Crippen molar-refractivity contribution in [3.05, 3.63) is 70.8 Å². The van der Waals surface area contributed by atoms with Crippen LogP contribution in [0, 0.1) is 0 Å². The number of rotatable bonds is 4. The van der Waals surface area contributed by atoms with Crippen LogP contribution in [0.5, 0.6) is 0 Å². The minimum Gasteiger partial charge on any atom is -0.100 e. The first-order valence-corrected chi connectivity index (χ1v) is 8.47. The minimum atomic E-state index is -1.18. The Morgan fingerprint density at radius 1 is 0.571 bits per heavy atom. The Labute approximate surface area is 153 Å². The average molecular weight is 403 g/mol. The first-order valence-electron chi connectivity index (χ1n) is 5.97. The van der Waals surface area contributed by atoms with Crippen LogP contribution in [0.25, 0.3) is 0 Å². The number of alkyl halides is 6. The van der Waals surface area contributed by atoms with E-state index in [9.17, 15) is 0 Å². The molecule has 0 atom stereocenters. The van der Waals surface area contributed by atoms with E-state index in [1.54, 1.807) is 48.5 Å². The van der Waals surface area contributed by atoms with E-state index in [4.69, 9.17) is 69.6 Å². The molecule has 0 N–H and O–H groups in total. The van der Waals surface area contributed by atoms with Crippen molar-refractivity contribution in [2.75, 3.05) is 0 Å². The summed E-state index contributed by atoms with van der Waals surface area (Å²) in [5.41, 5.74) is 3.02. The van der Waals surface area contributed by atoms with Gasteiger partial charge in [-0.3, -0.25) is 0 Å². The van der Waals surface area contributed by atoms with Crippen LogP contribution in [-0.2, 0) is 4.33 Å². The predicted octanol–water partition coefficient (Wildman–Crippen LogP) is 7.32. The van der Waals surface area contributed by atoms with Gasteiger partial charge in [0.15, 0.2) is 4.33 Å². The van der Waals surface area contributed by atoms with E-state index in [2.05, 4.69) is 0 Å². The molecule has 0 amide bonds. The maximum Gasteiger partial charge on any atom is 0.168 e. The van der Waals surface area contributed by atoms with Gasteiger partial charge in [0.1, 0.15) is 9.67 Å². The van der Waals surface area contributed by atoms with Crippen molar-refractivity contribution in [2.24, 2.45) is 0 Å². The van der Waals surface area contributed by atoms with Crippen LogP contribution >= 0.6 is 69.6 Å². The number of halogens is 6. The van der Waals surface area contributed by atoms with Crippen LogP contribution in [0.3, 0.4) is 0 Å². The Bertz CT molecular complexity index is 533. The van der Waals surface area contributed by atoms with Gasteiger partial charge in [0.25, 0.3) is 0 Å². The quantitative estimate of drug-likeness (QED) is 0.470. The van der Waals surface area contributed by atoms with Gasteiger partial charge in [0, 0.05) is 0 Å². The SMILES string of the molecule is ClC(Cl)c1ccc(C(Cl)(Cl)c2ccc(C(Cl)Cl)cc2)cc1. The van der Waals surface area contributed by atoms with Crippen molar-refractivity contribution in [1.29, 1.82) is 0 Å². The molecular weight excluding hydrogens is 393 g/mol. The lowest BCUT2D eigenvalue weighted by Gasteiger charge is -2.21. The summed E-state index contributed by atoms with van der Waals surface area (Å²) in [5.74, 6) is 0. The highest BCUT2D eigenvalue weighted by atomic mass is 35.5. The molecule has 0 aromatic heterocycles. The molecule has 0 aliphatic heterocycles. The van der Waals surface area contributed by atoms with Crippen LogP contribution in [-0.4, -0.2) is 0 Å².